The van der Waals surface area contributed by atoms with E-state index in [0.717, 1.165) is 44.7 Å². The zero-order chi connectivity index (χ0) is 19.6. The Morgan fingerprint density at radius 3 is 2.48 bits per heavy atom. The molecule has 0 N–H and O–H groups in total. The quantitative estimate of drug-likeness (QED) is 0.634. The number of nitrogens with zero attached hydrogens (tertiary/aromatic N) is 2. The Hall–Kier alpha value is -2.65. The van der Waals surface area contributed by atoms with Crippen LogP contribution in [0.2, 0.25) is 0 Å². The van der Waals surface area contributed by atoms with Crippen molar-refractivity contribution < 1.29 is 4.79 Å². The molecule has 0 saturated carbocycles. The topological polar surface area (TPSA) is 23.6 Å². The van der Waals surface area contributed by atoms with E-state index in [1.165, 1.54) is 34.7 Å². The zero-order valence-electron chi connectivity index (χ0n) is 16.9. The van der Waals surface area contributed by atoms with Crippen molar-refractivity contribution in [2.24, 2.45) is 5.92 Å². The molecule has 3 heteroatoms. The van der Waals surface area contributed by atoms with Gasteiger partial charge in [0.25, 0.3) is 5.91 Å². The number of piperidine rings is 1. The summed E-state index contributed by atoms with van der Waals surface area (Å²) in [4.78, 5) is 17.3. The lowest BCUT2D eigenvalue weighted by molar-refractivity contribution is 0.0714. The van der Waals surface area contributed by atoms with Crippen LogP contribution in [-0.2, 0) is 13.0 Å². The highest BCUT2D eigenvalue weighted by Gasteiger charge is 2.30. The van der Waals surface area contributed by atoms with E-state index in [9.17, 15) is 4.79 Å². The summed E-state index contributed by atoms with van der Waals surface area (Å²) in [6, 6.07) is 23.4. The van der Waals surface area contributed by atoms with Gasteiger partial charge in [0.15, 0.2) is 0 Å². The standard InChI is InChI=1S/C26H28N2O/c29-26-25-11-4-2-7-23(25)19-28(26)18-20-12-15-27(16-13-20)17-14-22-9-5-8-21-6-1-3-10-24(21)22/h1-11,20H,12-19H2. The summed E-state index contributed by atoms with van der Waals surface area (Å²) >= 11 is 0. The summed E-state index contributed by atoms with van der Waals surface area (Å²) in [5, 5.41) is 2.72. The molecule has 0 aromatic heterocycles. The highest BCUT2D eigenvalue weighted by atomic mass is 16.2. The molecule has 5 rings (SSSR count). The fourth-order valence-electron chi connectivity index (χ4n) is 4.96. The van der Waals surface area contributed by atoms with Crippen molar-refractivity contribution in [2.45, 2.75) is 25.8 Å². The summed E-state index contributed by atoms with van der Waals surface area (Å²) in [5.74, 6) is 0.848. The number of carbonyl (C=O) groups is 1. The van der Waals surface area contributed by atoms with E-state index < -0.39 is 0 Å². The van der Waals surface area contributed by atoms with Gasteiger partial charge in [0, 0.05) is 25.2 Å². The summed E-state index contributed by atoms with van der Waals surface area (Å²) in [6.45, 7) is 5.10. The average Bonchev–Trinajstić information content (AvgIpc) is 3.09. The van der Waals surface area contributed by atoms with Crippen LogP contribution in [0.1, 0.15) is 34.3 Å². The van der Waals surface area contributed by atoms with Crippen LogP contribution < -0.4 is 0 Å². The normalized spacial score (nSPS) is 17.8. The second-order valence-electron chi connectivity index (χ2n) is 8.52. The monoisotopic (exact) mass is 384 g/mol. The van der Waals surface area contributed by atoms with Crippen molar-refractivity contribution in [3.8, 4) is 0 Å². The van der Waals surface area contributed by atoms with E-state index in [4.69, 9.17) is 0 Å². The molecule has 2 heterocycles. The molecule has 3 aromatic carbocycles. The number of rotatable bonds is 5. The van der Waals surface area contributed by atoms with E-state index in [0.29, 0.717) is 5.92 Å². The Bertz CT molecular complexity index is 1010. The smallest absolute Gasteiger partial charge is 0.254 e. The van der Waals surface area contributed by atoms with Crippen LogP contribution in [0.15, 0.2) is 66.7 Å². The van der Waals surface area contributed by atoms with Crippen LogP contribution in [0, 0.1) is 5.92 Å². The summed E-state index contributed by atoms with van der Waals surface area (Å²) in [6.07, 6.45) is 3.48. The minimum Gasteiger partial charge on any atom is -0.334 e. The van der Waals surface area contributed by atoms with E-state index in [2.05, 4.69) is 58.3 Å². The van der Waals surface area contributed by atoms with Crippen molar-refractivity contribution >= 4 is 16.7 Å². The molecular weight excluding hydrogens is 356 g/mol. The molecule has 29 heavy (non-hydrogen) atoms. The third-order valence-electron chi connectivity index (χ3n) is 6.66. The van der Waals surface area contributed by atoms with Crippen LogP contribution in [0.3, 0.4) is 0 Å². The first-order chi connectivity index (χ1) is 14.3. The van der Waals surface area contributed by atoms with E-state index >= 15 is 0 Å². The zero-order valence-corrected chi connectivity index (χ0v) is 16.9. The van der Waals surface area contributed by atoms with Crippen LogP contribution in [0.4, 0.5) is 0 Å². The maximum atomic E-state index is 12.6. The second-order valence-corrected chi connectivity index (χ2v) is 8.52. The number of benzene rings is 3. The van der Waals surface area contributed by atoms with Gasteiger partial charge in [-0.15, -0.1) is 0 Å². The predicted molar refractivity (Wildman–Crippen MR) is 118 cm³/mol. The second kappa shape index (κ2) is 8.00. The molecule has 3 aromatic rings. The Morgan fingerprint density at radius 1 is 0.862 bits per heavy atom. The number of likely N-dealkylation sites (tertiary alicyclic amines) is 1. The molecular formula is C26H28N2O. The minimum absolute atomic E-state index is 0.221. The Morgan fingerprint density at radius 2 is 1.62 bits per heavy atom. The molecule has 0 atom stereocenters. The first kappa shape index (κ1) is 18.4. The lowest BCUT2D eigenvalue weighted by atomic mass is 9.95. The van der Waals surface area contributed by atoms with Crippen molar-refractivity contribution in [3.63, 3.8) is 0 Å². The molecule has 2 aliphatic heterocycles. The molecule has 1 fully saturated rings. The fourth-order valence-corrected chi connectivity index (χ4v) is 4.96. The maximum Gasteiger partial charge on any atom is 0.254 e. The molecule has 0 spiro atoms. The Kier molecular flexibility index (Phi) is 5.07. The lowest BCUT2D eigenvalue weighted by Crippen LogP contribution is -2.39. The predicted octanol–water partition coefficient (Wildman–Crippen LogP) is 4.75. The van der Waals surface area contributed by atoms with Gasteiger partial charge in [0.05, 0.1) is 0 Å². The fraction of sp³-hybridized carbons (Fsp3) is 0.346. The highest BCUT2D eigenvalue weighted by Crippen LogP contribution is 2.26. The Labute approximate surface area is 172 Å². The number of hydrogen-bond donors (Lipinski definition) is 0. The lowest BCUT2D eigenvalue weighted by Gasteiger charge is -2.34. The van der Waals surface area contributed by atoms with Gasteiger partial charge in [0.1, 0.15) is 0 Å². The van der Waals surface area contributed by atoms with Crippen molar-refractivity contribution in [2.75, 3.05) is 26.2 Å². The van der Waals surface area contributed by atoms with Gasteiger partial charge in [0.2, 0.25) is 0 Å². The number of carbonyl (C=O) groups excluding carboxylic acids is 1. The molecule has 0 radical (unpaired) electrons. The SMILES string of the molecule is O=C1c2ccccc2CN1CC1CCN(CCc2cccc3ccccc23)CC1. The largest absolute Gasteiger partial charge is 0.334 e. The Balaban J connectivity index is 1.13. The molecule has 1 saturated heterocycles. The van der Waals surface area contributed by atoms with Gasteiger partial charge in [-0.05, 0) is 66.2 Å². The number of hydrogen-bond acceptors (Lipinski definition) is 2. The first-order valence-electron chi connectivity index (χ1n) is 10.8. The van der Waals surface area contributed by atoms with Crippen LogP contribution in [-0.4, -0.2) is 41.9 Å². The van der Waals surface area contributed by atoms with Crippen LogP contribution in [0.25, 0.3) is 10.8 Å². The van der Waals surface area contributed by atoms with Crippen molar-refractivity contribution in [3.05, 3.63) is 83.4 Å². The molecule has 0 unspecified atom stereocenters. The minimum atomic E-state index is 0.221. The van der Waals surface area contributed by atoms with Crippen LogP contribution >= 0.6 is 0 Å². The van der Waals surface area contributed by atoms with Gasteiger partial charge in [-0.25, -0.2) is 0 Å². The molecule has 2 aliphatic rings. The van der Waals surface area contributed by atoms with Gasteiger partial charge >= 0.3 is 0 Å². The van der Waals surface area contributed by atoms with E-state index in [-0.39, 0.29) is 5.91 Å². The molecule has 3 nitrogen and oxygen atoms in total. The van der Waals surface area contributed by atoms with E-state index in [1.54, 1.807) is 0 Å². The number of amides is 1. The third-order valence-corrected chi connectivity index (χ3v) is 6.66. The highest BCUT2D eigenvalue weighted by molar-refractivity contribution is 5.98. The van der Waals surface area contributed by atoms with Gasteiger partial charge in [-0.3, -0.25) is 4.79 Å². The molecule has 1 amide bonds. The van der Waals surface area contributed by atoms with Gasteiger partial charge in [-0.1, -0.05) is 60.7 Å². The van der Waals surface area contributed by atoms with Crippen LogP contribution in [0.5, 0.6) is 0 Å². The van der Waals surface area contributed by atoms with Gasteiger partial charge < -0.3 is 9.80 Å². The van der Waals surface area contributed by atoms with Crippen molar-refractivity contribution in [1.29, 1.82) is 0 Å². The average molecular weight is 385 g/mol. The first-order valence-corrected chi connectivity index (χ1v) is 10.8. The summed E-state index contributed by atoms with van der Waals surface area (Å²) in [5.41, 5.74) is 3.54. The third kappa shape index (κ3) is 3.79. The summed E-state index contributed by atoms with van der Waals surface area (Å²) < 4.78 is 0. The number of fused-ring (bicyclic) bond motifs is 2. The molecule has 0 aliphatic carbocycles. The van der Waals surface area contributed by atoms with Crippen molar-refractivity contribution in [1.82, 2.24) is 9.80 Å². The van der Waals surface area contributed by atoms with E-state index in [1.807, 2.05) is 18.2 Å². The molecule has 0 bridgehead atoms. The molecule has 148 valence electrons. The van der Waals surface area contributed by atoms with Gasteiger partial charge in [-0.2, -0.15) is 0 Å². The maximum absolute atomic E-state index is 12.6. The summed E-state index contributed by atoms with van der Waals surface area (Å²) in [7, 11) is 0.